The Morgan fingerprint density at radius 1 is 1.12 bits per heavy atom. The third-order valence-corrected chi connectivity index (χ3v) is 7.27. The maximum Gasteiger partial charge on any atom is 0.233 e. The number of aromatic nitrogens is 3. The van der Waals surface area contributed by atoms with E-state index in [0.29, 0.717) is 43.8 Å². The molecule has 2 heterocycles. The first-order valence-corrected chi connectivity index (χ1v) is 13.8. The lowest BCUT2D eigenvalue weighted by molar-refractivity contribution is -0.132. The molecule has 1 saturated carbocycles. The molecule has 2 aliphatic rings. The maximum absolute atomic E-state index is 12.6. The van der Waals surface area contributed by atoms with E-state index < -0.39 is 10.0 Å². The third-order valence-electron chi connectivity index (χ3n) is 5.74. The zero-order valence-corrected chi connectivity index (χ0v) is 19.8. The van der Waals surface area contributed by atoms with Gasteiger partial charge in [-0.15, -0.1) is 10.2 Å². The molecule has 174 valence electrons. The molecule has 1 aliphatic heterocycles. The van der Waals surface area contributed by atoms with Crippen LogP contribution >= 0.6 is 11.8 Å². The molecule has 2 aromatic rings. The molecule has 1 aliphatic carbocycles. The summed E-state index contributed by atoms with van der Waals surface area (Å²) in [7, 11) is -3.33. The molecule has 0 radical (unpaired) electrons. The van der Waals surface area contributed by atoms with Crippen molar-refractivity contribution in [3.8, 4) is 11.4 Å². The number of hydrogen-bond acceptors (Lipinski definition) is 7. The van der Waals surface area contributed by atoms with Crippen molar-refractivity contribution in [1.29, 1.82) is 0 Å². The summed E-state index contributed by atoms with van der Waals surface area (Å²) < 4.78 is 33.0. The van der Waals surface area contributed by atoms with Crippen LogP contribution in [0.5, 0.6) is 0 Å². The van der Waals surface area contributed by atoms with Crippen LogP contribution in [0.4, 0.5) is 5.69 Å². The van der Waals surface area contributed by atoms with Crippen molar-refractivity contribution in [2.24, 2.45) is 0 Å². The molecular formula is C21H29N5O4S2. The van der Waals surface area contributed by atoms with E-state index in [2.05, 4.69) is 19.5 Å². The molecular weight excluding hydrogens is 450 g/mol. The smallest absolute Gasteiger partial charge is 0.233 e. The summed E-state index contributed by atoms with van der Waals surface area (Å²) in [6.07, 6.45) is 6.81. The van der Waals surface area contributed by atoms with Crippen LogP contribution in [0.3, 0.4) is 0 Å². The third kappa shape index (κ3) is 5.81. The highest BCUT2D eigenvalue weighted by Crippen LogP contribution is 2.36. The number of morpholine rings is 1. The molecule has 0 unspecified atom stereocenters. The summed E-state index contributed by atoms with van der Waals surface area (Å²) in [4.78, 5) is 14.5. The Labute approximate surface area is 193 Å². The van der Waals surface area contributed by atoms with Crippen molar-refractivity contribution in [3.63, 3.8) is 0 Å². The van der Waals surface area contributed by atoms with Gasteiger partial charge in [0.1, 0.15) is 0 Å². The second-order valence-corrected chi connectivity index (χ2v) is 10.9. The number of carbonyl (C=O) groups is 1. The summed E-state index contributed by atoms with van der Waals surface area (Å²) in [6.45, 7) is 2.44. The minimum absolute atomic E-state index is 0.0919. The molecule has 11 heteroatoms. The summed E-state index contributed by atoms with van der Waals surface area (Å²) in [5, 5.41) is 9.66. The van der Waals surface area contributed by atoms with Crippen molar-refractivity contribution in [3.05, 3.63) is 24.3 Å². The van der Waals surface area contributed by atoms with Gasteiger partial charge in [-0.1, -0.05) is 31.0 Å². The van der Waals surface area contributed by atoms with Gasteiger partial charge in [0.25, 0.3) is 0 Å². The summed E-state index contributed by atoms with van der Waals surface area (Å²) in [6, 6.07) is 7.45. The predicted octanol–water partition coefficient (Wildman–Crippen LogP) is 2.77. The van der Waals surface area contributed by atoms with Gasteiger partial charge in [-0.3, -0.25) is 14.1 Å². The number of nitrogens with one attached hydrogen (secondary N) is 1. The number of sulfonamides is 1. The standard InChI is InChI=1S/C21H29N5O4S2/c1-32(28,29)24-17-9-7-16(8-10-17)20-22-23-21(26(20)18-5-3-2-4-6-18)31-15-19(27)25-11-13-30-14-12-25/h7-10,18,24H,2-6,11-15H2,1H3. The lowest BCUT2D eigenvalue weighted by atomic mass is 9.95. The topological polar surface area (TPSA) is 106 Å². The van der Waals surface area contributed by atoms with Crippen molar-refractivity contribution in [2.75, 3.05) is 43.0 Å². The Morgan fingerprint density at radius 2 is 1.81 bits per heavy atom. The van der Waals surface area contributed by atoms with Crippen LogP contribution in [-0.2, 0) is 19.6 Å². The Balaban J connectivity index is 1.55. The van der Waals surface area contributed by atoms with E-state index in [9.17, 15) is 13.2 Å². The van der Waals surface area contributed by atoms with E-state index in [-0.39, 0.29) is 5.91 Å². The Hall–Kier alpha value is -2.11. The average Bonchev–Trinajstić information content (AvgIpc) is 3.22. The summed E-state index contributed by atoms with van der Waals surface area (Å²) in [5.74, 6) is 1.17. The normalized spacial score (nSPS) is 18.0. The predicted molar refractivity (Wildman–Crippen MR) is 124 cm³/mol. The lowest BCUT2D eigenvalue weighted by Crippen LogP contribution is -2.41. The zero-order chi connectivity index (χ0) is 22.6. The quantitative estimate of drug-likeness (QED) is 0.609. The van der Waals surface area contributed by atoms with E-state index in [4.69, 9.17) is 4.74 Å². The van der Waals surface area contributed by atoms with Crippen LogP contribution in [0, 0.1) is 0 Å². The summed E-state index contributed by atoms with van der Waals surface area (Å²) >= 11 is 1.43. The largest absolute Gasteiger partial charge is 0.378 e. The number of amides is 1. The second-order valence-electron chi connectivity index (χ2n) is 8.20. The van der Waals surface area contributed by atoms with E-state index in [1.165, 1.54) is 18.2 Å². The summed E-state index contributed by atoms with van der Waals surface area (Å²) in [5.41, 5.74) is 1.37. The first-order valence-electron chi connectivity index (χ1n) is 10.9. The van der Waals surface area contributed by atoms with Crippen molar-refractivity contribution >= 4 is 33.4 Å². The number of carbonyl (C=O) groups excluding carboxylic acids is 1. The fraction of sp³-hybridized carbons (Fsp3) is 0.571. The van der Waals surface area contributed by atoms with Crippen molar-refractivity contribution < 1.29 is 17.9 Å². The van der Waals surface area contributed by atoms with E-state index in [0.717, 1.165) is 48.5 Å². The number of anilines is 1. The Kier molecular flexibility index (Phi) is 7.37. The molecule has 1 saturated heterocycles. The van der Waals surface area contributed by atoms with Crippen molar-refractivity contribution in [1.82, 2.24) is 19.7 Å². The highest BCUT2D eigenvalue weighted by molar-refractivity contribution is 7.99. The molecule has 1 amide bonds. The van der Waals surface area contributed by atoms with E-state index in [1.54, 1.807) is 12.1 Å². The van der Waals surface area contributed by atoms with Gasteiger partial charge >= 0.3 is 0 Å². The Morgan fingerprint density at radius 3 is 2.47 bits per heavy atom. The van der Waals surface area contributed by atoms with Crippen LogP contribution in [0.25, 0.3) is 11.4 Å². The molecule has 1 N–H and O–H groups in total. The lowest BCUT2D eigenvalue weighted by Gasteiger charge is -2.27. The molecule has 9 nitrogen and oxygen atoms in total. The Bertz CT molecular complexity index is 1030. The fourth-order valence-electron chi connectivity index (χ4n) is 4.17. The monoisotopic (exact) mass is 479 g/mol. The van der Waals surface area contributed by atoms with E-state index >= 15 is 0 Å². The molecule has 1 aromatic heterocycles. The average molecular weight is 480 g/mol. The number of thioether (sulfide) groups is 1. The van der Waals surface area contributed by atoms with E-state index in [1.807, 2.05) is 17.0 Å². The first-order chi connectivity index (χ1) is 15.4. The number of rotatable bonds is 7. The molecule has 32 heavy (non-hydrogen) atoms. The van der Waals surface area contributed by atoms with Crippen LogP contribution < -0.4 is 4.72 Å². The highest BCUT2D eigenvalue weighted by atomic mass is 32.2. The molecule has 0 bridgehead atoms. The second kappa shape index (κ2) is 10.2. The van der Waals surface area contributed by atoms with Gasteiger partial charge in [0.15, 0.2) is 11.0 Å². The molecule has 0 atom stereocenters. The van der Waals surface area contributed by atoms with Crippen LogP contribution in [0.1, 0.15) is 38.1 Å². The minimum Gasteiger partial charge on any atom is -0.378 e. The van der Waals surface area contributed by atoms with Gasteiger partial charge in [0.2, 0.25) is 15.9 Å². The van der Waals surface area contributed by atoms with Gasteiger partial charge in [-0.25, -0.2) is 8.42 Å². The fourth-order valence-corrected chi connectivity index (χ4v) is 5.64. The van der Waals surface area contributed by atoms with Crippen LogP contribution in [0.2, 0.25) is 0 Å². The highest BCUT2D eigenvalue weighted by Gasteiger charge is 2.25. The number of ether oxygens (including phenoxy) is 1. The van der Waals surface area contributed by atoms with Crippen LogP contribution in [-0.4, -0.2) is 72.3 Å². The number of hydrogen-bond donors (Lipinski definition) is 1. The molecule has 1 aromatic carbocycles. The van der Waals surface area contributed by atoms with Crippen molar-refractivity contribution in [2.45, 2.75) is 43.3 Å². The SMILES string of the molecule is CS(=O)(=O)Nc1ccc(-c2nnc(SCC(=O)N3CCOCC3)n2C2CCCCC2)cc1. The van der Waals surface area contributed by atoms with Gasteiger partial charge in [0, 0.05) is 30.4 Å². The van der Waals surface area contributed by atoms with Gasteiger partial charge in [-0.05, 0) is 37.1 Å². The number of benzene rings is 1. The first kappa shape index (κ1) is 23.1. The minimum atomic E-state index is -3.33. The van der Waals surface area contributed by atoms with Gasteiger partial charge in [0.05, 0.1) is 25.2 Å². The number of nitrogens with zero attached hydrogens (tertiary/aromatic N) is 4. The zero-order valence-electron chi connectivity index (χ0n) is 18.2. The molecule has 4 rings (SSSR count). The van der Waals surface area contributed by atoms with Crippen LogP contribution in [0.15, 0.2) is 29.4 Å². The van der Waals surface area contributed by atoms with Gasteiger partial charge in [-0.2, -0.15) is 0 Å². The van der Waals surface area contributed by atoms with Gasteiger partial charge < -0.3 is 9.64 Å². The molecule has 0 spiro atoms. The maximum atomic E-state index is 12.6. The molecule has 2 fully saturated rings.